The van der Waals surface area contributed by atoms with Gasteiger partial charge in [-0.15, -0.1) is 16.4 Å². The molecule has 1 aliphatic heterocycles. The molecule has 1 aromatic carbocycles. The van der Waals surface area contributed by atoms with Crippen LogP contribution in [0.4, 0.5) is 10.9 Å². The molecular weight excluding hydrogens is 671 g/mol. The van der Waals surface area contributed by atoms with Crippen molar-refractivity contribution in [3.63, 3.8) is 0 Å². The second-order valence-corrected chi connectivity index (χ2v) is 14.2. The van der Waals surface area contributed by atoms with Crippen molar-refractivity contribution >= 4 is 52.0 Å². The zero-order valence-electron chi connectivity index (χ0n) is 29.3. The number of esters is 1. The highest BCUT2D eigenvalue weighted by Crippen LogP contribution is 2.29. The lowest BCUT2D eigenvalue weighted by Crippen LogP contribution is -2.38. The van der Waals surface area contributed by atoms with Gasteiger partial charge in [0.05, 0.1) is 37.9 Å². The van der Waals surface area contributed by atoms with Gasteiger partial charge in [0, 0.05) is 35.6 Å². The van der Waals surface area contributed by atoms with E-state index in [1.807, 2.05) is 34.5 Å². The number of carbonyl (C=O) groups excluding carboxylic acids is 2. The number of amides is 1. The average Bonchev–Trinajstić information content (AvgIpc) is 3.78. The first-order valence-corrected chi connectivity index (χ1v) is 17.7. The Morgan fingerprint density at radius 3 is 2.65 bits per heavy atom. The van der Waals surface area contributed by atoms with Crippen LogP contribution in [0.15, 0.2) is 52.8 Å². The predicted octanol–water partition coefficient (Wildman–Crippen LogP) is 5.08. The van der Waals surface area contributed by atoms with Crippen LogP contribution in [-0.2, 0) is 21.5 Å². The third kappa shape index (κ3) is 8.31. The SMILES string of the molecule is CCOC(=O)CC1CCCN(c2nc3cc(C(=O)Nc4nc(C(C)(C)C)cs4)ccn3c(=O)c2/C=C/c2nnnn2Cc2ccc(OC)cc2)C1. The number of methoxy groups -OCH3 is 1. The van der Waals surface area contributed by atoms with Crippen LogP contribution >= 0.6 is 11.3 Å². The van der Waals surface area contributed by atoms with Crippen molar-refractivity contribution in [1.29, 1.82) is 0 Å². The van der Waals surface area contributed by atoms with Crippen LogP contribution in [0.25, 0.3) is 17.8 Å². The Morgan fingerprint density at radius 1 is 1.12 bits per heavy atom. The molecule has 0 saturated carbocycles. The number of nitrogens with zero attached hydrogens (tertiary/aromatic N) is 8. The van der Waals surface area contributed by atoms with Crippen molar-refractivity contribution in [2.45, 2.75) is 58.9 Å². The summed E-state index contributed by atoms with van der Waals surface area (Å²) in [7, 11) is 1.62. The summed E-state index contributed by atoms with van der Waals surface area (Å²) in [5, 5.41) is 17.5. The molecule has 51 heavy (non-hydrogen) atoms. The van der Waals surface area contributed by atoms with Gasteiger partial charge in [-0.2, -0.15) is 0 Å². The highest BCUT2D eigenvalue weighted by molar-refractivity contribution is 7.14. The van der Waals surface area contributed by atoms with Gasteiger partial charge in [-0.3, -0.25) is 24.1 Å². The zero-order valence-corrected chi connectivity index (χ0v) is 30.1. The van der Waals surface area contributed by atoms with Crippen LogP contribution in [-0.4, -0.2) is 73.3 Å². The van der Waals surface area contributed by atoms with Crippen molar-refractivity contribution in [2.75, 3.05) is 37.0 Å². The molecule has 0 spiro atoms. The molecule has 1 atom stereocenters. The summed E-state index contributed by atoms with van der Waals surface area (Å²) in [4.78, 5) is 51.5. The van der Waals surface area contributed by atoms with Crippen LogP contribution in [0, 0.1) is 5.92 Å². The van der Waals surface area contributed by atoms with Crippen molar-refractivity contribution in [2.24, 2.45) is 5.92 Å². The van der Waals surface area contributed by atoms with E-state index >= 15 is 0 Å². The minimum absolute atomic E-state index is 0.0278. The molecule has 1 N–H and O–H groups in total. The predicted molar refractivity (Wildman–Crippen MR) is 195 cm³/mol. The quantitative estimate of drug-likeness (QED) is 0.182. The first-order chi connectivity index (χ1) is 24.5. The van der Waals surface area contributed by atoms with E-state index in [9.17, 15) is 14.4 Å². The number of anilines is 2. The fraction of sp³-hybridized carbons (Fsp3) is 0.389. The normalized spacial score (nSPS) is 15.0. The number of rotatable bonds is 11. The molecule has 0 bridgehead atoms. The number of ether oxygens (including phenoxy) is 2. The molecule has 266 valence electrons. The molecule has 1 unspecified atom stereocenters. The summed E-state index contributed by atoms with van der Waals surface area (Å²) in [6, 6.07) is 10.8. The Bertz CT molecular complexity index is 2110. The maximum Gasteiger partial charge on any atom is 0.306 e. The van der Waals surface area contributed by atoms with E-state index < -0.39 is 0 Å². The van der Waals surface area contributed by atoms with Crippen LogP contribution in [0.3, 0.4) is 0 Å². The van der Waals surface area contributed by atoms with Crippen molar-refractivity contribution in [3.05, 3.63) is 86.5 Å². The molecule has 5 aromatic rings. The second-order valence-electron chi connectivity index (χ2n) is 13.4. The van der Waals surface area contributed by atoms with Gasteiger partial charge < -0.3 is 14.4 Å². The fourth-order valence-corrected chi connectivity index (χ4v) is 6.83. The smallest absolute Gasteiger partial charge is 0.306 e. The minimum atomic E-state index is -0.358. The molecule has 1 fully saturated rings. The van der Waals surface area contributed by atoms with Gasteiger partial charge in [0.15, 0.2) is 11.0 Å². The Labute approximate surface area is 299 Å². The molecule has 1 aliphatic rings. The molecule has 6 rings (SSSR count). The van der Waals surface area contributed by atoms with Crippen LogP contribution < -0.4 is 20.5 Å². The summed E-state index contributed by atoms with van der Waals surface area (Å²) < 4.78 is 13.5. The van der Waals surface area contributed by atoms with Gasteiger partial charge >= 0.3 is 5.97 Å². The van der Waals surface area contributed by atoms with E-state index in [-0.39, 0.29) is 35.2 Å². The lowest BCUT2D eigenvalue weighted by molar-refractivity contribution is -0.144. The topological polar surface area (TPSA) is 159 Å². The van der Waals surface area contributed by atoms with E-state index in [0.29, 0.717) is 59.8 Å². The van der Waals surface area contributed by atoms with Crippen LogP contribution in [0.1, 0.15) is 80.0 Å². The largest absolute Gasteiger partial charge is 0.497 e. The van der Waals surface area contributed by atoms with Gasteiger partial charge in [-0.05, 0) is 78.1 Å². The first-order valence-electron chi connectivity index (χ1n) is 16.8. The van der Waals surface area contributed by atoms with Crippen molar-refractivity contribution in [1.82, 2.24) is 34.6 Å². The molecule has 4 aromatic heterocycles. The lowest BCUT2D eigenvalue weighted by Gasteiger charge is -2.34. The van der Waals surface area contributed by atoms with Gasteiger partial charge in [-0.1, -0.05) is 32.9 Å². The number of tetrazole rings is 1. The number of benzene rings is 1. The minimum Gasteiger partial charge on any atom is -0.497 e. The van der Waals surface area contributed by atoms with E-state index in [1.54, 1.807) is 49.2 Å². The highest BCUT2D eigenvalue weighted by atomic mass is 32.1. The monoisotopic (exact) mass is 711 g/mol. The molecular formula is C36H41N9O5S. The van der Waals surface area contributed by atoms with E-state index in [0.717, 1.165) is 29.8 Å². The fourth-order valence-electron chi connectivity index (χ4n) is 5.90. The molecule has 0 aliphatic carbocycles. The number of fused-ring (bicyclic) bond motifs is 1. The number of piperidine rings is 1. The molecule has 1 amide bonds. The number of nitrogens with one attached hydrogen (secondary N) is 1. The Hall–Kier alpha value is -5.44. The van der Waals surface area contributed by atoms with Crippen LogP contribution in [0.2, 0.25) is 0 Å². The van der Waals surface area contributed by atoms with Gasteiger partial charge in [0.1, 0.15) is 17.2 Å². The average molecular weight is 712 g/mol. The Balaban J connectivity index is 1.34. The second kappa shape index (κ2) is 15.2. The van der Waals surface area contributed by atoms with Gasteiger partial charge in [0.25, 0.3) is 11.5 Å². The number of pyridine rings is 1. The molecule has 15 heteroatoms. The highest BCUT2D eigenvalue weighted by Gasteiger charge is 2.27. The van der Waals surface area contributed by atoms with E-state index in [4.69, 9.17) is 14.5 Å². The van der Waals surface area contributed by atoms with E-state index in [1.165, 1.54) is 15.7 Å². The standard InChI is InChI=1S/C36H41N9O5S/c1-6-50-31(46)18-24-8-7-16-43(20-24)32-27(13-14-29-40-41-42-45(29)21-23-9-11-26(49-5)12-10-23)34(48)44-17-15-25(19-30(44)38-32)33(47)39-35-37-28(22-51-35)36(2,3)4/h9-15,17,19,22,24H,6-8,16,18,20-21H2,1-5H3,(H,37,39,47)/b14-13+. The van der Waals surface area contributed by atoms with Crippen molar-refractivity contribution < 1.29 is 19.1 Å². The number of hydrogen-bond donors (Lipinski definition) is 1. The van der Waals surface area contributed by atoms with Gasteiger partial charge in [-0.25, -0.2) is 14.6 Å². The van der Waals surface area contributed by atoms with E-state index in [2.05, 4.69) is 46.6 Å². The third-order valence-corrected chi connectivity index (χ3v) is 9.39. The maximum atomic E-state index is 14.2. The number of carbonyl (C=O) groups is 2. The summed E-state index contributed by atoms with van der Waals surface area (Å²) in [6.07, 6.45) is 6.86. The van der Waals surface area contributed by atoms with Gasteiger partial charge in [0.2, 0.25) is 0 Å². The third-order valence-electron chi connectivity index (χ3n) is 8.63. The lowest BCUT2D eigenvalue weighted by atomic mass is 9.93. The summed E-state index contributed by atoms with van der Waals surface area (Å²) in [6.45, 7) is 9.85. The molecule has 5 heterocycles. The number of hydrogen-bond acceptors (Lipinski definition) is 12. The number of aromatic nitrogens is 7. The molecule has 14 nitrogen and oxygen atoms in total. The molecule has 1 saturated heterocycles. The zero-order chi connectivity index (χ0) is 36.1. The van der Waals surface area contributed by atoms with Crippen LogP contribution in [0.5, 0.6) is 5.75 Å². The Morgan fingerprint density at radius 2 is 1.92 bits per heavy atom. The Kier molecular flexibility index (Phi) is 10.6. The van der Waals surface area contributed by atoms with Crippen molar-refractivity contribution in [3.8, 4) is 5.75 Å². The first kappa shape index (κ1) is 35.4. The summed E-state index contributed by atoms with van der Waals surface area (Å²) >= 11 is 1.36. The molecule has 0 radical (unpaired) electrons. The maximum absolute atomic E-state index is 14.2. The summed E-state index contributed by atoms with van der Waals surface area (Å²) in [5.41, 5.74) is 2.36. The summed E-state index contributed by atoms with van der Waals surface area (Å²) in [5.74, 6) is 1.07. The number of thiazole rings is 1.